The van der Waals surface area contributed by atoms with Gasteiger partial charge in [-0.25, -0.2) is 0 Å². The van der Waals surface area contributed by atoms with Crippen LogP contribution in [0.3, 0.4) is 0 Å². The first-order chi connectivity index (χ1) is 9.32. The zero-order valence-electron chi connectivity index (χ0n) is 13.1. The Bertz CT molecular complexity index is 501. The molecule has 3 atom stereocenters. The van der Waals surface area contributed by atoms with E-state index in [4.69, 9.17) is 0 Å². The molecule has 0 saturated carbocycles. The largest absolute Gasteiger partial charge is 0.480 e. The Hall–Kier alpha value is -1.35. The van der Waals surface area contributed by atoms with Crippen LogP contribution in [0.15, 0.2) is 12.1 Å². The van der Waals surface area contributed by atoms with Gasteiger partial charge in [-0.3, -0.25) is 9.69 Å². The lowest BCUT2D eigenvalue weighted by atomic mass is 9.93. The van der Waals surface area contributed by atoms with E-state index >= 15 is 0 Å². The van der Waals surface area contributed by atoms with Crippen molar-refractivity contribution in [1.82, 2.24) is 4.90 Å². The number of carboxylic acids is 1. The molecule has 110 valence electrons. The van der Waals surface area contributed by atoms with Gasteiger partial charge in [-0.1, -0.05) is 24.6 Å². The highest BCUT2D eigenvalue weighted by Gasteiger charge is 2.39. The van der Waals surface area contributed by atoms with Crippen LogP contribution in [0.4, 0.5) is 0 Å². The number of aryl methyl sites for hydroxylation is 3. The second-order valence-corrected chi connectivity index (χ2v) is 6.28. The number of hydrogen-bond acceptors (Lipinski definition) is 2. The average molecular weight is 275 g/mol. The van der Waals surface area contributed by atoms with Crippen molar-refractivity contribution in [2.75, 3.05) is 6.54 Å². The summed E-state index contributed by atoms with van der Waals surface area (Å²) in [4.78, 5) is 13.7. The van der Waals surface area contributed by atoms with Crippen LogP contribution in [0, 0.1) is 26.7 Å². The number of benzene rings is 1. The quantitative estimate of drug-likeness (QED) is 0.918. The Balaban J connectivity index is 2.36. The van der Waals surface area contributed by atoms with Crippen molar-refractivity contribution in [3.63, 3.8) is 0 Å². The summed E-state index contributed by atoms with van der Waals surface area (Å²) in [5.41, 5.74) is 5.08. The van der Waals surface area contributed by atoms with E-state index in [2.05, 4.69) is 44.7 Å². The Morgan fingerprint density at radius 2 is 1.85 bits per heavy atom. The summed E-state index contributed by atoms with van der Waals surface area (Å²) in [6.45, 7) is 11.4. The van der Waals surface area contributed by atoms with Crippen molar-refractivity contribution in [2.45, 2.75) is 53.1 Å². The van der Waals surface area contributed by atoms with Gasteiger partial charge in [0.1, 0.15) is 6.04 Å². The first kappa shape index (κ1) is 15.0. The molecule has 0 spiro atoms. The molecule has 2 rings (SSSR count). The third-order valence-electron chi connectivity index (χ3n) is 4.65. The van der Waals surface area contributed by atoms with Crippen LogP contribution < -0.4 is 0 Å². The fourth-order valence-electron chi connectivity index (χ4n) is 3.81. The number of aliphatic carboxylic acids is 1. The Morgan fingerprint density at radius 3 is 2.35 bits per heavy atom. The molecule has 1 aromatic rings. The van der Waals surface area contributed by atoms with Crippen LogP contribution in [-0.2, 0) is 4.79 Å². The Labute approximate surface area is 121 Å². The fourth-order valence-corrected chi connectivity index (χ4v) is 3.81. The first-order valence-corrected chi connectivity index (χ1v) is 7.39. The SMILES string of the molecule is Cc1cc(C)c(C(C)N2CCC(C)C2C(=O)O)c(C)c1. The van der Waals surface area contributed by atoms with Crippen molar-refractivity contribution >= 4 is 5.97 Å². The van der Waals surface area contributed by atoms with Crippen LogP contribution in [-0.4, -0.2) is 28.6 Å². The van der Waals surface area contributed by atoms with E-state index < -0.39 is 5.97 Å². The van der Waals surface area contributed by atoms with Crippen molar-refractivity contribution in [3.8, 4) is 0 Å². The van der Waals surface area contributed by atoms with E-state index in [9.17, 15) is 9.90 Å². The normalized spacial score (nSPS) is 24.9. The van der Waals surface area contributed by atoms with Gasteiger partial charge in [0.2, 0.25) is 0 Å². The van der Waals surface area contributed by atoms with Crippen molar-refractivity contribution in [2.24, 2.45) is 5.92 Å². The highest BCUT2D eigenvalue weighted by atomic mass is 16.4. The van der Waals surface area contributed by atoms with Crippen LogP contribution in [0.1, 0.15) is 48.6 Å². The van der Waals surface area contributed by atoms with Crippen LogP contribution in [0.25, 0.3) is 0 Å². The standard InChI is InChI=1S/C17H25NO2/c1-10-8-12(3)15(13(4)9-10)14(5)18-7-6-11(2)16(18)17(19)20/h8-9,11,14,16H,6-7H2,1-5H3,(H,19,20). The molecule has 0 aromatic heterocycles. The second-order valence-electron chi connectivity index (χ2n) is 6.28. The predicted molar refractivity (Wildman–Crippen MR) is 81.0 cm³/mol. The monoisotopic (exact) mass is 275 g/mol. The molecule has 1 N–H and O–H groups in total. The van der Waals surface area contributed by atoms with Gasteiger partial charge in [0.15, 0.2) is 0 Å². The van der Waals surface area contributed by atoms with Gasteiger partial charge in [-0.2, -0.15) is 0 Å². The summed E-state index contributed by atoms with van der Waals surface area (Å²) in [5.74, 6) is -0.467. The van der Waals surface area contributed by atoms with E-state index in [1.807, 2.05) is 6.92 Å². The zero-order chi connectivity index (χ0) is 15.0. The molecule has 1 fully saturated rings. The van der Waals surface area contributed by atoms with E-state index in [1.165, 1.54) is 22.3 Å². The average Bonchev–Trinajstić information content (AvgIpc) is 2.69. The number of carboxylic acid groups (broad SMARTS) is 1. The molecule has 0 amide bonds. The van der Waals surface area contributed by atoms with E-state index in [-0.39, 0.29) is 18.0 Å². The van der Waals surface area contributed by atoms with Gasteiger partial charge in [-0.05, 0) is 63.3 Å². The molecule has 3 heteroatoms. The van der Waals surface area contributed by atoms with Crippen LogP contribution in [0.5, 0.6) is 0 Å². The molecule has 0 aliphatic carbocycles. The van der Waals surface area contributed by atoms with Gasteiger partial charge >= 0.3 is 5.97 Å². The summed E-state index contributed by atoms with van der Waals surface area (Å²) in [5, 5.41) is 9.49. The molecule has 20 heavy (non-hydrogen) atoms. The third kappa shape index (κ3) is 2.59. The number of rotatable bonds is 3. The highest BCUT2D eigenvalue weighted by molar-refractivity contribution is 5.74. The van der Waals surface area contributed by atoms with Gasteiger partial charge in [-0.15, -0.1) is 0 Å². The van der Waals surface area contributed by atoms with E-state index in [1.54, 1.807) is 0 Å². The topological polar surface area (TPSA) is 40.5 Å². The van der Waals surface area contributed by atoms with Crippen molar-refractivity contribution in [3.05, 3.63) is 34.4 Å². The number of likely N-dealkylation sites (tertiary alicyclic amines) is 1. The lowest BCUT2D eigenvalue weighted by Gasteiger charge is -2.32. The summed E-state index contributed by atoms with van der Waals surface area (Å²) >= 11 is 0. The van der Waals surface area contributed by atoms with Crippen molar-refractivity contribution in [1.29, 1.82) is 0 Å². The van der Waals surface area contributed by atoms with E-state index in [0.29, 0.717) is 0 Å². The Morgan fingerprint density at radius 1 is 1.30 bits per heavy atom. The summed E-state index contributed by atoms with van der Waals surface area (Å²) < 4.78 is 0. The number of hydrogen-bond donors (Lipinski definition) is 1. The zero-order valence-corrected chi connectivity index (χ0v) is 13.1. The summed E-state index contributed by atoms with van der Waals surface area (Å²) in [6.07, 6.45) is 0.964. The molecule has 1 aromatic carbocycles. The first-order valence-electron chi connectivity index (χ1n) is 7.39. The lowest BCUT2D eigenvalue weighted by molar-refractivity contribution is -0.144. The molecule has 3 nitrogen and oxygen atoms in total. The molecule has 0 bridgehead atoms. The second kappa shape index (κ2) is 5.57. The summed E-state index contributed by atoms with van der Waals surface area (Å²) in [7, 11) is 0. The molecule has 1 heterocycles. The van der Waals surface area contributed by atoms with Crippen LogP contribution >= 0.6 is 0 Å². The lowest BCUT2D eigenvalue weighted by Crippen LogP contribution is -2.40. The maximum Gasteiger partial charge on any atom is 0.321 e. The Kier molecular flexibility index (Phi) is 4.19. The van der Waals surface area contributed by atoms with Gasteiger partial charge < -0.3 is 5.11 Å². The molecular formula is C17H25NO2. The molecular weight excluding hydrogens is 250 g/mol. The van der Waals surface area contributed by atoms with Crippen molar-refractivity contribution < 1.29 is 9.90 Å². The number of carbonyl (C=O) groups is 1. The molecule has 1 saturated heterocycles. The maximum absolute atomic E-state index is 11.5. The molecule has 1 aliphatic heterocycles. The van der Waals surface area contributed by atoms with Gasteiger partial charge in [0.05, 0.1) is 0 Å². The highest BCUT2D eigenvalue weighted by Crippen LogP contribution is 2.35. The minimum absolute atomic E-state index is 0.154. The van der Waals surface area contributed by atoms with Crippen LogP contribution in [0.2, 0.25) is 0 Å². The smallest absolute Gasteiger partial charge is 0.321 e. The predicted octanol–water partition coefficient (Wildman–Crippen LogP) is 3.47. The third-order valence-corrected chi connectivity index (χ3v) is 4.65. The minimum atomic E-state index is -0.690. The molecule has 0 radical (unpaired) electrons. The van der Waals surface area contributed by atoms with Gasteiger partial charge in [0.25, 0.3) is 0 Å². The van der Waals surface area contributed by atoms with E-state index in [0.717, 1.165) is 13.0 Å². The maximum atomic E-state index is 11.5. The molecule has 3 unspecified atom stereocenters. The molecule has 1 aliphatic rings. The fraction of sp³-hybridized carbons (Fsp3) is 0.588. The number of nitrogens with zero attached hydrogens (tertiary/aromatic N) is 1. The summed E-state index contributed by atoms with van der Waals surface area (Å²) in [6, 6.07) is 4.18. The van der Waals surface area contributed by atoms with Gasteiger partial charge in [0, 0.05) is 6.04 Å². The minimum Gasteiger partial charge on any atom is -0.480 e.